The molecule has 0 spiro atoms. The summed E-state index contributed by atoms with van der Waals surface area (Å²) in [5, 5.41) is 6.17. The van der Waals surface area contributed by atoms with Gasteiger partial charge in [0.25, 0.3) is 5.91 Å². The first-order valence-electron chi connectivity index (χ1n) is 7.83. The number of hydrogen-bond donors (Lipinski definition) is 2. The van der Waals surface area contributed by atoms with Gasteiger partial charge in [0.05, 0.1) is 0 Å². The number of anilines is 2. The molecule has 0 unspecified atom stereocenters. The Morgan fingerprint density at radius 1 is 1.09 bits per heavy atom. The summed E-state index contributed by atoms with van der Waals surface area (Å²) in [6.45, 7) is 5.16. The van der Waals surface area contributed by atoms with Gasteiger partial charge in [0, 0.05) is 24.1 Å². The third-order valence-electron chi connectivity index (χ3n) is 3.47. The lowest BCUT2D eigenvalue weighted by atomic mass is 10.1. The summed E-state index contributed by atoms with van der Waals surface area (Å²) >= 11 is 0. The van der Waals surface area contributed by atoms with Crippen LogP contribution >= 0.6 is 0 Å². The minimum Gasteiger partial charge on any atom is -0.385 e. The summed E-state index contributed by atoms with van der Waals surface area (Å²) < 4.78 is 0. The number of nitrogens with zero attached hydrogens (tertiary/aromatic N) is 1. The Balaban J connectivity index is 2.00. The summed E-state index contributed by atoms with van der Waals surface area (Å²) in [5.74, 6) is -0.191. The summed E-state index contributed by atoms with van der Waals surface area (Å²) in [4.78, 5) is 16.4. The highest BCUT2D eigenvalue weighted by atomic mass is 16.1. The first-order chi connectivity index (χ1) is 10.7. The topological polar surface area (TPSA) is 54.0 Å². The quantitative estimate of drug-likeness (QED) is 0.756. The van der Waals surface area contributed by atoms with E-state index < -0.39 is 0 Å². The number of aromatic nitrogens is 1. The third-order valence-corrected chi connectivity index (χ3v) is 3.47. The number of benzene rings is 1. The molecule has 2 rings (SSSR count). The van der Waals surface area contributed by atoms with Crippen molar-refractivity contribution >= 4 is 17.3 Å². The number of aryl methyl sites for hydroxylation is 1. The van der Waals surface area contributed by atoms with Gasteiger partial charge < -0.3 is 10.6 Å². The van der Waals surface area contributed by atoms with Crippen LogP contribution in [0.4, 0.5) is 11.4 Å². The predicted octanol–water partition coefficient (Wildman–Crippen LogP) is 4.11. The molecule has 2 aromatic rings. The van der Waals surface area contributed by atoms with Crippen LogP contribution in [-0.4, -0.2) is 17.4 Å². The van der Waals surface area contributed by atoms with E-state index in [1.807, 2.05) is 30.3 Å². The molecule has 0 fully saturated rings. The van der Waals surface area contributed by atoms with Gasteiger partial charge in [-0.25, -0.2) is 0 Å². The maximum absolute atomic E-state index is 12.2. The molecule has 0 aliphatic heterocycles. The number of carbonyl (C=O) groups excluding carboxylic acids is 1. The monoisotopic (exact) mass is 297 g/mol. The van der Waals surface area contributed by atoms with Gasteiger partial charge in [-0.05, 0) is 42.7 Å². The second-order valence-electron chi connectivity index (χ2n) is 5.21. The molecule has 2 N–H and O–H groups in total. The molecule has 0 saturated heterocycles. The first kappa shape index (κ1) is 16.0. The smallest absolute Gasteiger partial charge is 0.274 e. The first-order valence-corrected chi connectivity index (χ1v) is 7.83. The highest BCUT2D eigenvalue weighted by Gasteiger charge is 2.08. The fraction of sp³-hybridized carbons (Fsp3) is 0.333. The van der Waals surface area contributed by atoms with Crippen LogP contribution in [0.3, 0.4) is 0 Å². The maximum Gasteiger partial charge on any atom is 0.274 e. The zero-order chi connectivity index (χ0) is 15.8. The number of carbonyl (C=O) groups is 1. The van der Waals surface area contributed by atoms with E-state index in [4.69, 9.17) is 0 Å². The second-order valence-corrected chi connectivity index (χ2v) is 5.21. The van der Waals surface area contributed by atoms with Crippen molar-refractivity contribution in [2.45, 2.75) is 33.1 Å². The molecule has 1 aromatic heterocycles. The molecule has 0 bridgehead atoms. The largest absolute Gasteiger partial charge is 0.385 e. The van der Waals surface area contributed by atoms with E-state index >= 15 is 0 Å². The van der Waals surface area contributed by atoms with Crippen molar-refractivity contribution in [1.82, 2.24) is 4.98 Å². The number of nitrogens with one attached hydrogen (secondary N) is 2. The maximum atomic E-state index is 12.2. The molecule has 4 nitrogen and oxygen atoms in total. The minimum atomic E-state index is -0.191. The molecule has 0 aliphatic carbocycles. The number of amides is 1. The second kappa shape index (κ2) is 8.17. The van der Waals surface area contributed by atoms with Crippen molar-refractivity contribution in [1.29, 1.82) is 0 Å². The zero-order valence-corrected chi connectivity index (χ0v) is 13.2. The van der Waals surface area contributed by atoms with Crippen molar-refractivity contribution in [2.75, 3.05) is 17.2 Å². The van der Waals surface area contributed by atoms with Crippen molar-refractivity contribution in [3.8, 4) is 0 Å². The van der Waals surface area contributed by atoms with Crippen LogP contribution in [-0.2, 0) is 6.42 Å². The summed E-state index contributed by atoms with van der Waals surface area (Å²) in [6.07, 6.45) is 4.89. The molecule has 1 heterocycles. The highest BCUT2D eigenvalue weighted by molar-refractivity contribution is 6.03. The van der Waals surface area contributed by atoms with Crippen molar-refractivity contribution < 1.29 is 4.79 Å². The van der Waals surface area contributed by atoms with E-state index in [0.717, 1.165) is 37.2 Å². The Labute approximate surface area is 132 Å². The Morgan fingerprint density at radius 3 is 2.55 bits per heavy atom. The Hall–Kier alpha value is -2.36. The van der Waals surface area contributed by atoms with Crippen molar-refractivity contribution in [3.63, 3.8) is 0 Å². The van der Waals surface area contributed by atoms with Gasteiger partial charge in [-0.3, -0.25) is 9.78 Å². The Morgan fingerprint density at radius 2 is 1.86 bits per heavy atom. The fourth-order valence-corrected chi connectivity index (χ4v) is 2.09. The van der Waals surface area contributed by atoms with Crippen LogP contribution in [0.15, 0.2) is 42.6 Å². The molecule has 116 valence electrons. The van der Waals surface area contributed by atoms with E-state index in [2.05, 4.69) is 29.5 Å². The van der Waals surface area contributed by atoms with Gasteiger partial charge in [0.15, 0.2) is 0 Å². The van der Waals surface area contributed by atoms with Crippen LogP contribution in [0.25, 0.3) is 0 Å². The Kier molecular flexibility index (Phi) is 5.95. The van der Waals surface area contributed by atoms with Crippen LogP contribution in [0.1, 0.15) is 42.7 Å². The van der Waals surface area contributed by atoms with Gasteiger partial charge >= 0.3 is 0 Å². The molecule has 0 radical (unpaired) electrons. The number of hydrogen-bond acceptors (Lipinski definition) is 3. The molecule has 1 amide bonds. The summed E-state index contributed by atoms with van der Waals surface area (Å²) in [5.41, 5.74) is 3.38. The SMILES string of the molecule is CCCCNc1ccnc(C(=O)Nc2ccc(CC)cc2)c1. The van der Waals surface area contributed by atoms with Crippen molar-refractivity contribution in [3.05, 3.63) is 53.9 Å². The average Bonchev–Trinajstić information content (AvgIpc) is 2.56. The Bertz CT molecular complexity index is 608. The lowest BCUT2D eigenvalue weighted by Gasteiger charge is -2.08. The lowest BCUT2D eigenvalue weighted by Crippen LogP contribution is -2.14. The van der Waals surface area contributed by atoms with Crippen LogP contribution in [0.2, 0.25) is 0 Å². The molecule has 0 atom stereocenters. The van der Waals surface area contributed by atoms with Crippen molar-refractivity contribution in [2.24, 2.45) is 0 Å². The summed E-state index contributed by atoms with van der Waals surface area (Å²) in [7, 11) is 0. The number of pyridine rings is 1. The van der Waals surface area contributed by atoms with E-state index in [-0.39, 0.29) is 5.91 Å². The molecule has 4 heteroatoms. The van der Waals surface area contributed by atoms with E-state index in [0.29, 0.717) is 5.69 Å². The van der Waals surface area contributed by atoms with Gasteiger partial charge in [-0.2, -0.15) is 0 Å². The van der Waals surface area contributed by atoms with Gasteiger partial charge in [0.1, 0.15) is 5.69 Å². The van der Waals surface area contributed by atoms with Gasteiger partial charge in [0.2, 0.25) is 0 Å². The average molecular weight is 297 g/mol. The molecular weight excluding hydrogens is 274 g/mol. The number of unbranched alkanes of at least 4 members (excludes halogenated alkanes) is 1. The fourth-order valence-electron chi connectivity index (χ4n) is 2.09. The van der Waals surface area contributed by atoms with E-state index in [1.165, 1.54) is 5.56 Å². The zero-order valence-electron chi connectivity index (χ0n) is 13.2. The highest BCUT2D eigenvalue weighted by Crippen LogP contribution is 2.13. The summed E-state index contributed by atoms with van der Waals surface area (Å²) in [6, 6.07) is 11.5. The van der Waals surface area contributed by atoms with Crippen LogP contribution in [0.5, 0.6) is 0 Å². The lowest BCUT2D eigenvalue weighted by molar-refractivity contribution is 0.102. The molecule has 0 saturated carbocycles. The molecule has 22 heavy (non-hydrogen) atoms. The minimum absolute atomic E-state index is 0.191. The molecule has 0 aliphatic rings. The van der Waals surface area contributed by atoms with Gasteiger partial charge in [-0.1, -0.05) is 32.4 Å². The standard InChI is InChI=1S/C18H23N3O/c1-3-5-11-19-16-10-12-20-17(13-16)18(22)21-15-8-6-14(4-2)7-9-15/h6-10,12-13H,3-5,11H2,1-2H3,(H,19,20)(H,21,22). The van der Waals surface area contributed by atoms with Crippen LogP contribution in [0, 0.1) is 0 Å². The number of rotatable bonds is 7. The molecular formula is C18H23N3O. The normalized spacial score (nSPS) is 10.3. The van der Waals surface area contributed by atoms with Crippen LogP contribution < -0.4 is 10.6 Å². The predicted molar refractivity (Wildman–Crippen MR) is 91.4 cm³/mol. The molecule has 1 aromatic carbocycles. The van der Waals surface area contributed by atoms with Gasteiger partial charge in [-0.15, -0.1) is 0 Å². The van der Waals surface area contributed by atoms with E-state index in [9.17, 15) is 4.79 Å². The third kappa shape index (κ3) is 4.58. The van der Waals surface area contributed by atoms with E-state index in [1.54, 1.807) is 12.3 Å².